The molecule has 0 radical (unpaired) electrons. The summed E-state index contributed by atoms with van der Waals surface area (Å²) in [5.74, 6) is -0.672. The van der Waals surface area contributed by atoms with Gasteiger partial charge < -0.3 is 5.32 Å². The number of alkyl halides is 3. The third-order valence-corrected chi connectivity index (χ3v) is 7.75. The van der Waals surface area contributed by atoms with Crippen molar-refractivity contribution in [1.29, 1.82) is 0 Å². The summed E-state index contributed by atoms with van der Waals surface area (Å²) in [5, 5.41) is 3.51. The van der Waals surface area contributed by atoms with E-state index < -0.39 is 17.6 Å². The van der Waals surface area contributed by atoms with Crippen LogP contribution in [0.15, 0.2) is 28.2 Å². The SMILES string of the molecule is CCn1c(SCC(=O)Nc2cc(C(F)(F)F)ccc2Cl)nc2sc3c(c2c1=O)CCCC3. The second-order valence-corrected chi connectivity index (χ2v) is 9.80. The van der Waals surface area contributed by atoms with E-state index in [-0.39, 0.29) is 22.0 Å². The normalized spacial score (nSPS) is 13.9. The predicted molar refractivity (Wildman–Crippen MR) is 122 cm³/mol. The number of carbonyl (C=O) groups excluding carboxylic acids is 1. The van der Waals surface area contributed by atoms with E-state index >= 15 is 0 Å². The molecule has 0 fully saturated rings. The molecular weight excluding hydrogens is 483 g/mol. The molecule has 5 nitrogen and oxygen atoms in total. The van der Waals surface area contributed by atoms with Gasteiger partial charge in [0.2, 0.25) is 5.91 Å². The number of rotatable bonds is 5. The van der Waals surface area contributed by atoms with E-state index in [9.17, 15) is 22.8 Å². The summed E-state index contributed by atoms with van der Waals surface area (Å²) in [4.78, 5) is 32.1. The Kier molecular flexibility index (Phi) is 6.56. The molecule has 0 bridgehead atoms. The molecule has 1 amide bonds. The summed E-state index contributed by atoms with van der Waals surface area (Å²) in [5.41, 5.74) is -0.0297. The minimum atomic E-state index is -4.55. The molecule has 11 heteroatoms. The molecule has 1 aromatic carbocycles. The molecule has 0 spiro atoms. The minimum absolute atomic E-state index is 0.00512. The van der Waals surface area contributed by atoms with Gasteiger partial charge in [-0.25, -0.2) is 4.98 Å². The van der Waals surface area contributed by atoms with Crippen LogP contribution < -0.4 is 10.9 Å². The Morgan fingerprint density at radius 2 is 2.06 bits per heavy atom. The number of anilines is 1. The number of amides is 1. The average Bonchev–Trinajstić information content (AvgIpc) is 3.11. The Morgan fingerprint density at radius 3 is 2.78 bits per heavy atom. The van der Waals surface area contributed by atoms with Gasteiger partial charge in [-0.2, -0.15) is 13.2 Å². The molecule has 0 unspecified atom stereocenters. The predicted octanol–water partition coefficient (Wildman–Crippen LogP) is 5.76. The number of thioether (sulfide) groups is 1. The first kappa shape index (κ1) is 23.1. The molecular formula is C21H19ClF3N3O2S2. The van der Waals surface area contributed by atoms with Gasteiger partial charge in [0.05, 0.1) is 27.4 Å². The lowest BCUT2D eigenvalue weighted by Gasteiger charge is -2.13. The molecule has 3 aromatic rings. The van der Waals surface area contributed by atoms with Crippen LogP contribution in [-0.2, 0) is 30.4 Å². The number of hydrogen-bond acceptors (Lipinski definition) is 5. The Balaban J connectivity index is 1.56. The standard InChI is InChI=1S/C21H19ClF3N3O2S2/c1-2-28-19(30)17-12-5-3-4-6-15(12)32-18(17)27-20(28)31-10-16(29)26-14-9-11(21(23,24)25)7-8-13(14)22/h7-9H,2-6,10H2,1H3,(H,26,29). The van der Waals surface area contributed by atoms with Crippen molar-refractivity contribution in [2.24, 2.45) is 0 Å². The fraction of sp³-hybridized carbons (Fsp3) is 0.381. The Hall–Kier alpha value is -2.04. The highest BCUT2D eigenvalue weighted by molar-refractivity contribution is 7.99. The number of fused-ring (bicyclic) bond motifs is 3. The van der Waals surface area contributed by atoms with Gasteiger partial charge in [-0.15, -0.1) is 11.3 Å². The van der Waals surface area contributed by atoms with Crippen molar-refractivity contribution in [3.63, 3.8) is 0 Å². The van der Waals surface area contributed by atoms with Gasteiger partial charge >= 0.3 is 6.18 Å². The first-order chi connectivity index (χ1) is 15.2. The molecule has 0 aliphatic heterocycles. The fourth-order valence-electron chi connectivity index (χ4n) is 3.72. The maximum Gasteiger partial charge on any atom is 0.416 e. The van der Waals surface area contributed by atoms with Gasteiger partial charge in [-0.1, -0.05) is 23.4 Å². The van der Waals surface area contributed by atoms with Gasteiger partial charge in [0, 0.05) is 11.4 Å². The van der Waals surface area contributed by atoms with Gasteiger partial charge in [0.25, 0.3) is 5.56 Å². The summed E-state index contributed by atoms with van der Waals surface area (Å²) in [6, 6.07) is 2.75. The quantitative estimate of drug-likeness (QED) is 0.356. The van der Waals surface area contributed by atoms with Crippen LogP contribution in [0.4, 0.5) is 18.9 Å². The number of aryl methyl sites for hydroxylation is 2. The summed E-state index contributed by atoms with van der Waals surface area (Å²) < 4.78 is 40.4. The van der Waals surface area contributed by atoms with Crippen LogP contribution in [-0.4, -0.2) is 21.2 Å². The Morgan fingerprint density at radius 1 is 1.31 bits per heavy atom. The molecule has 2 aromatic heterocycles. The van der Waals surface area contributed by atoms with Crippen molar-refractivity contribution in [2.75, 3.05) is 11.1 Å². The van der Waals surface area contributed by atoms with Crippen LogP contribution >= 0.6 is 34.7 Å². The lowest BCUT2D eigenvalue weighted by molar-refractivity contribution is -0.137. The molecule has 170 valence electrons. The second kappa shape index (κ2) is 9.07. The van der Waals surface area contributed by atoms with E-state index in [2.05, 4.69) is 10.3 Å². The minimum Gasteiger partial charge on any atom is -0.324 e. The molecule has 1 aliphatic carbocycles. The Labute approximate surface area is 195 Å². The van der Waals surface area contributed by atoms with E-state index in [1.165, 1.54) is 16.2 Å². The topological polar surface area (TPSA) is 64.0 Å². The Bertz CT molecular complexity index is 1250. The van der Waals surface area contributed by atoms with Crippen LogP contribution in [0.5, 0.6) is 0 Å². The van der Waals surface area contributed by atoms with Crippen LogP contribution in [0.25, 0.3) is 10.2 Å². The van der Waals surface area contributed by atoms with Crippen LogP contribution in [0.1, 0.15) is 35.8 Å². The lowest BCUT2D eigenvalue weighted by Crippen LogP contribution is -2.24. The number of nitrogens with zero attached hydrogens (tertiary/aromatic N) is 2. The maximum atomic E-state index is 13.1. The van der Waals surface area contributed by atoms with Crippen LogP contribution in [0.2, 0.25) is 5.02 Å². The highest BCUT2D eigenvalue weighted by Gasteiger charge is 2.31. The van der Waals surface area contributed by atoms with Gasteiger partial charge in [-0.05, 0) is 56.4 Å². The number of aromatic nitrogens is 2. The molecule has 0 saturated heterocycles. The van der Waals surface area contributed by atoms with Crippen molar-refractivity contribution in [3.05, 3.63) is 49.6 Å². The molecule has 1 aliphatic rings. The first-order valence-electron chi connectivity index (χ1n) is 10.0. The highest BCUT2D eigenvalue weighted by atomic mass is 35.5. The van der Waals surface area contributed by atoms with Crippen molar-refractivity contribution < 1.29 is 18.0 Å². The molecule has 0 saturated carbocycles. The van der Waals surface area contributed by atoms with Crippen molar-refractivity contribution in [1.82, 2.24) is 9.55 Å². The van der Waals surface area contributed by atoms with E-state index in [0.29, 0.717) is 21.9 Å². The number of nitrogens with one attached hydrogen (secondary N) is 1. The summed E-state index contributed by atoms with van der Waals surface area (Å²) in [7, 11) is 0. The number of carbonyl (C=O) groups is 1. The van der Waals surface area contributed by atoms with Crippen molar-refractivity contribution >= 4 is 56.5 Å². The highest BCUT2D eigenvalue weighted by Crippen LogP contribution is 2.35. The molecule has 2 heterocycles. The summed E-state index contributed by atoms with van der Waals surface area (Å²) in [6.07, 6.45) is -0.566. The summed E-state index contributed by atoms with van der Waals surface area (Å²) in [6.45, 7) is 2.23. The zero-order valence-electron chi connectivity index (χ0n) is 17.0. The third-order valence-electron chi connectivity index (χ3n) is 5.26. The molecule has 1 N–H and O–H groups in total. The van der Waals surface area contributed by atoms with E-state index in [0.717, 1.165) is 61.2 Å². The molecule has 0 atom stereocenters. The number of halogens is 4. The van der Waals surface area contributed by atoms with E-state index in [1.807, 2.05) is 6.92 Å². The van der Waals surface area contributed by atoms with Gasteiger partial charge in [0.1, 0.15) is 4.83 Å². The lowest BCUT2D eigenvalue weighted by atomic mass is 9.97. The smallest absolute Gasteiger partial charge is 0.324 e. The molecule has 4 rings (SSSR count). The zero-order chi connectivity index (χ0) is 23.0. The molecule has 32 heavy (non-hydrogen) atoms. The van der Waals surface area contributed by atoms with Crippen molar-refractivity contribution in [2.45, 2.75) is 50.5 Å². The second-order valence-electron chi connectivity index (χ2n) is 7.36. The first-order valence-corrected chi connectivity index (χ1v) is 12.2. The average molecular weight is 502 g/mol. The van der Waals surface area contributed by atoms with Crippen LogP contribution in [0, 0.1) is 0 Å². The monoisotopic (exact) mass is 501 g/mol. The van der Waals surface area contributed by atoms with E-state index in [4.69, 9.17) is 11.6 Å². The summed E-state index contributed by atoms with van der Waals surface area (Å²) >= 11 is 8.54. The fourth-order valence-corrected chi connectivity index (χ4v) is 6.05. The third kappa shape index (κ3) is 4.53. The van der Waals surface area contributed by atoms with Gasteiger partial charge in [0.15, 0.2) is 5.16 Å². The van der Waals surface area contributed by atoms with E-state index in [1.54, 1.807) is 4.57 Å². The largest absolute Gasteiger partial charge is 0.416 e. The number of benzene rings is 1. The van der Waals surface area contributed by atoms with Gasteiger partial charge in [-0.3, -0.25) is 14.2 Å². The number of hydrogen-bond donors (Lipinski definition) is 1. The maximum absolute atomic E-state index is 13.1. The zero-order valence-corrected chi connectivity index (χ0v) is 19.4. The van der Waals surface area contributed by atoms with Crippen LogP contribution in [0.3, 0.4) is 0 Å². The number of thiophene rings is 1. The van der Waals surface area contributed by atoms with Crippen molar-refractivity contribution in [3.8, 4) is 0 Å².